The Morgan fingerprint density at radius 3 is 2.45 bits per heavy atom. The summed E-state index contributed by atoms with van der Waals surface area (Å²) in [6.45, 7) is 8.12. The third kappa shape index (κ3) is 3.31. The minimum absolute atomic E-state index is 0.191. The van der Waals surface area contributed by atoms with Crippen LogP contribution in [0.2, 0.25) is 0 Å². The highest BCUT2D eigenvalue weighted by Gasteiger charge is 2.37. The lowest BCUT2D eigenvalue weighted by Crippen LogP contribution is -2.40. The molecule has 20 heavy (non-hydrogen) atoms. The predicted molar refractivity (Wildman–Crippen MR) is 73.4 cm³/mol. The number of esters is 1. The third-order valence-electron chi connectivity index (χ3n) is 3.13. The Bertz CT molecular complexity index is 587. The van der Waals surface area contributed by atoms with Crippen LogP contribution in [0.1, 0.15) is 32.2 Å². The Labute approximate surface area is 117 Å². The van der Waals surface area contributed by atoms with Gasteiger partial charge in [-0.3, -0.25) is 14.2 Å². The van der Waals surface area contributed by atoms with Gasteiger partial charge in [-0.1, -0.05) is 0 Å². The number of carbonyl (C=O) groups excluding carboxylic acids is 2. The molecule has 0 spiro atoms. The van der Waals surface area contributed by atoms with Crippen molar-refractivity contribution < 1.29 is 14.3 Å². The molecule has 0 amide bonds. The van der Waals surface area contributed by atoms with Gasteiger partial charge < -0.3 is 4.74 Å². The topological polar surface area (TPSA) is 78.3 Å². The van der Waals surface area contributed by atoms with Crippen LogP contribution in [0.5, 0.6) is 0 Å². The Morgan fingerprint density at radius 2 is 1.95 bits per heavy atom. The first-order valence-corrected chi connectivity index (χ1v) is 6.45. The van der Waals surface area contributed by atoms with E-state index in [1.54, 1.807) is 26.8 Å². The molecule has 0 unspecified atom stereocenters. The van der Waals surface area contributed by atoms with Crippen molar-refractivity contribution in [3.8, 4) is 0 Å². The summed E-state index contributed by atoms with van der Waals surface area (Å²) >= 11 is 0. The number of nitrogens with zero attached hydrogens (tertiary/aromatic N) is 2. The highest BCUT2D eigenvalue weighted by Crippen LogP contribution is 2.20. The summed E-state index contributed by atoms with van der Waals surface area (Å²) in [6.07, 6.45) is 0. The first-order chi connectivity index (χ1) is 9.20. The Kier molecular flexibility index (Phi) is 4.81. The second-order valence-electron chi connectivity index (χ2n) is 5.18. The molecule has 1 aromatic heterocycles. The molecule has 0 aliphatic heterocycles. The number of ketones is 1. The summed E-state index contributed by atoms with van der Waals surface area (Å²) in [4.78, 5) is 39.6. The summed E-state index contributed by atoms with van der Waals surface area (Å²) in [5, 5.41) is 0. The van der Waals surface area contributed by atoms with E-state index in [0.29, 0.717) is 11.4 Å². The number of carbonyl (C=O) groups is 2. The molecular weight excluding hydrogens is 260 g/mol. The van der Waals surface area contributed by atoms with Gasteiger partial charge in [0.05, 0.1) is 13.2 Å². The van der Waals surface area contributed by atoms with Gasteiger partial charge in [-0.25, -0.2) is 4.79 Å². The van der Waals surface area contributed by atoms with Gasteiger partial charge in [0.15, 0.2) is 5.78 Å². The lowest BCUT2D eigenvalue weighted by atomic mass is 9.88. The van der Waals surface area contributed by atoms with Crippen LogP contribution in [0, 0.1) is 19.3 Å². The normalized spacial score (nSPS) is 11.2. The van der Waals surface area contributed by atoms with Gasteiger partial charge in [-0.05, 0) is 40.7 Å². The number of ether oxygens (including phenoxy) is 1. The number of hydrogen-bond donors (Lipinski definition) is 0. The van der Waals surface area contributed by atoms with Gasteiger partial charge >= 0.3 is 11.7 Å². The van der Waals surface area contributed by atoms with Gasteiger partial charge in [0.2, 0.25) is 0 Å². The van der Waals surface area contributed by atoms with E-state index in [9.17, 15) is 14.4 Å². The summed E-state index contributed by atoms with van der Waals surface area (Å²) < 4.78 is 6.14. The van der Waals surface area contributed by atoms with Gasteiger partial charge in [0.1, 0.15) is 5.41 Å². The fourth-order valence-corrected chi connectivity index (χ4v) is 1.73. The average molecular weight is 280 g/mol. The van der Waals surface area contributed by atoms with Crippen molar-refractivity contribution in [1.82, 2.24) is 9.55 Å². The van der Waals surface area contributed by atoms with E-state index in [2.05, 4.69) is 4.98 Å². The number of rotatable bonds is 5. The second-order valence-corrected chi connectivity index (χ2v) is 5.18. The van der Waals surface area contributed by atoms with E-state index in [1.165, 1.54) is 18.4 Å². The van der Waals surface area contributed by atoms with Gasteiger partial charge in [-0.2, -0.15) is 4.98 Å². The molecule has 0 aliphatic rings. The molecule has 110 valence electrons. The van der Waals surface area contributed by atoms with Crippen LogP contribution < -0.4 is 5.69 Å². The van der Waals surface area contributed by atoms with Gasteiger partial charge in [-0.15, -0.1) is 0 Å². The van der Waals surface area contributed by atoms with Crippen LogP contribution in [0.4, 0.5) is 0 Å². The molecule has 0 radical (unpaired) electrons. The Morgan fingerprint density at radius 1 is 1.35 bits per heavy atom. The van der Waals surface area contributed by atoms with Crippen molar-refractivity contribution in [2.24, 2.45) is 5.41 Å². The molecule has 1 rings (SSSR count). The van der Waals surface area contributed by atoms with Crippen LogP contribution in [0.3, 0.4) is 0 Å². The molecule has 1 aromatic rings. The number of aromatic nitrogens is 2. The standard InChI is InChI=1S/C14H20N2O4/c1-6-20-12(18)14(4,5)11(17)8-16-10(3)7-9(2)15-13(16)19/h7H,6,8H2,1-5H3. The van der Waals surface area contributed by atoms with Crippen molar-refractivity contribution >= 4 is 11.8 Å². The van der Waals surface area contributed by atoms with E-state index in [0.717, 1.165) is 0 Å². The first-order valence-electron chi connectivity index (χ1n) is 6.45. The molecule has 6 heteroatoms. The van der Waals surface area contributed by atoms with Crippen molar-refractivity contribution in [3.63, 3.8) is 0 Å². The van der Waals surface area contributed by atoms with E-state index >= 15 is 0 Å². The molecule has 0 fully saturated rings. The quantitative estimate of drug-likeness (QED) is 0.594. The van der Waals surface area contributed by atoms with E-state index in [1.807, 2.05) is 0 Å². The number of hydrogen-bond acceptors (Lipinski definition) is 5. The lowest BCUT2D eigenvalue weighted by Gasteiger charge is -2.21. The van der Waals surface area contributed by atoms with E-state index in [-0.39, 0.29) is 18.9 Å². The summed E-state index contributed by atoms with van der Waals surface area (Å²) in [6, 6.07) is 1.71. The highest BCUT2D eigenvalue weighted by molar-refractivity contribution is 6.02. The van der Waals surface area contributed by atoms with Crippen LogP contribution in [0.25, 0.3) is 0 Å². The fraction of sp³-hybridized carbons (Fsp3) is 0.571. The zero-order valence-electron chi connectivity index (χ0n) is 12.5. The predicted octanol–water partition coefficient (Wildman–Crippen LogP) is 1.02. The molecule has 0 N–H and O–H groups in total. The molecule has 1 heterocycles. The first kappa shape index (κ1) is 16.1. The zero-order valence-corrected chi connectivity index (χ0v) is 12.5. The van der Waals surface area contributed by atoms with Gasteiger partial charge in [0.25, 0.3) is 0 Å². The molecule has 0 bridgehead atoms. The molecule has 0 aromatic carbocycles. The smallest absolute Gasteiger partial charge is 0.348 e. The molecule has 6 nitrogen and oxygen atoms in total. The highest BCUT2D eigenvalue weighted by atomic mass is 16.5. The third-order valence-corrected chi connectivity index (χ3v) is 3.13. The molecule has 0 saturated heterocycles. The lowest BCUT2D eigenvalue weighted by molar-refractivity contribution is -0.158. The number of Topliss-reactive ketones (excluding diaryl/α,β-unsaturated/α-hetero) is 1. The Balaban J connectivity index is 3.02. The van der Waals surface area contributed by atoms with Crippen LogP contribution in [-0.4, -0.2) is 27.9 Å². The van der Waals surface area contributed by atoms with Crippen LogP contribution >= 0.6 is 0 Å². The fourth-order valence-electron chi connectivity index (χ4n) is 1.73. The maximum absolute atomic E-state index is 12.3. The summed E-state index contributed by atoms with van der Waals surface area (Å²) in [5.74, 6) is -0.970. The van der Waals surface area contributed by atoms with Crippen molar-refractivity contribution in [1.29, 1.82) is 0 Å². The van der Waals surface area contributed by atoms with E-state index in [4.69, 9.17) is 4.74 Å². The maximum atomic E-state index is 12.3. The summed E-state index contributed by atoms with van der Waals surface area (Å²) in [7, 11) is 0. The summed E-state index contributed by atoms with van der Waals surface area (Å²) in [5.41, 5.74) is -0.542. The molecule has 0 aliphatic carbocycles. The van der Waals surface area contributed by atoms with Crippen molar-refractivity contribution in [2.75, 3.05) is 6.61 Å². The number of aryl methyl sites for hydroxylation is 2. The van der Waals surface area contributed by atoms with Gasteiger partial charge in [0, 0.05) is 11.4 Å². The average Bonchev–Trinajstić information content (AvgIpc) is 2.33. The SMILES string of the molecule is CCOC(=O)C(C)(C)C(=O)Cn1c(C)cc(C)nc1=O. The monoisotopic (exact) mass is 280 g/mol. The second kappa shape index (κ2) is 5.98. The molecule has 0 saturated carbocycles. The van der Waals surface area contributed by atoms with Crippen LogP contribution in [-0.2, 0) is 20.9 Å². The minimum Gasteiger partial charge on any atom is -0.465 e. The maximum Gasteiger partial charge on any atom is 0.348 e. The van der Waals surface area contributed by atoms with Crippen LogP contribution in [0.15, 0.2) is 10.9 Å². The largest absolute Gasteiger partial charge is 0.465 e. The molecular formula is C14H20N2O4. The van der Waals surface area contributed by atoms with Crippen molar-refractivity contribution in [2.45, 2.75) is 41.2 Å². The molecule has 0 atom stereocenters. The zero-order chi connectivity index (χ0) is 15.5. The van der Waals surface area contributed by atoms with Crippen molar-refractivity contribution in [3.05, 3.63) is 27.9 Å². The minimum atomic E-state index is -1.28. The Hall–Kier alpha value is -1.98. The van der Waals surface area contributed by atoms with E-state index < -0.39 is 17.1 Å².